The summed E-state index contributed by atoms with van der Waals surface area (Å²) in [6.07, 6.45) is -1.43. The van der Waals surface area contributed by atoms with E-state index < -0.39 is 59.3 Å². The predicted octanol–water partition coefficient (Wildman–Crippen LogP) is 4.17. The molecule has 13 nitrogen and oxygen atoms in total. The van der Waals surface area contributed by atoms with Crippen molar-refractivity contribution in [3.05, 3.63) is 21.8 Å². The Morgan fingerprint density at radius 1 is 0.614 bits per heavy atom. The topological polar surface area (TPSA) is 177 Å². The Bertz CT molecular complexity index is 1310. The highest BCUT2D eigenvalue weighted by atomic mass is 127. The first-order valence-electron chi connectivity index (χ1n) is 13.0. The molecule has 1 atom stereocenters. The fourth-order valence-electron chi connectivity index (χ4n) is 3.91. The van der Waals surface area contributed by atoms with E-state index in [0.717, 1.165) is 4.90 Å². The molecule has 0 aromatic heterocycles. The van der Waals surface area contributed by atoms with E-state index in [1.165, 1.54) is 41.5 Å². The molecule has 1 aromatic carbocycles. The van der Waals surface area contributed by atoms with Crippen LogP contribution in [0.15, 0.2) is 0 Å². The van der Waals surface area contributed by atoms with Gasteiger partial charge in [0.1, 0.15) is 12.7 Å². The van der Waals surface area contributed by atoms with Gasteiger partial charge in [0.05, 0.1) is 26.0 Å². The number of carbonyl (C=O) groups excluding carboxylic acids is 8. The van der Waals surface area contributed by atoms with Crippen LogP contribution in [0.5, 0.6) is 0 Å². The zero-order valence-corrected chi connectivity index (χ0v) is 31.3. The van der Waals surface area contributed by atoms with Gasteiger partial charge in [0.2, 0.25) is 11.8 Å². The van der Waals surface area contributed by atoms with E-state index in [2.05, 4.69) is 0 Å². The number of imide groups is 1. The van der Waals surface area contributed by atoms with E-state index in [9.17, 15) is 38.4 Å². The van der Waals surface area contributed by atoms with Crippen molar-refractivity contribution in [2.75, 3.05) is 24.7 Å². The molecule has 0 spiro atoms. The maximum absolute atomic E-state index is 13.8. The van der Waals surface area contributed by atoms with Crippen LogP contribution in [-0.4, -0.2) is 73.2 Å². The zero-order chi connectivity index (χ0) is 33.9. The molecular formula is C28H32I3NO12. The lowest BCUT2D eigenvalue weighted by molar-refractivity contribution is -0.156. The first-order valence-corrected chi connectivity index (χ1v) is 16.3. The lowest BCUT2D eigenvalue weighted by atomic mass is 9.95. The Labute approximate surface area is 295 Å². The quantitative estimate of drug-likeness (QED) is 0.106. The molecule has 0 saturated carbocycles. The molecular weight excluding hydrogens is 923 g/mol. The summed E-state index contributed by atoms with van der Waals surface area (Å²) in [6, 6.07) is 0. The molecule has 16 heteroatoms. The zero-order valence-electron chi connectivity index (χ0n) is 24.9. The maximum atomic E-state index is 13.8. The molecule has 0 heterocycles. The highest BCUT2D eigenvalue weighted by molar-refractivity contribution is 14.1. The van der Waals surface area contributed by atoms with Gasteiger partial charge in [0.25, 0.3) is 0 Å². The second-order valence-corrected chi connectivity index (χ2v) is 12.7. The van der Waals surface area contributed by atoms with E-state index in [-0.39, 0.29) is 66.6 Å². The number of anilines is 1. The summed E-state index contributed by atoms with van der Waals surface area (Å²) in [6.45, 7) is 6.36. The summed E-state index contributed by atoms with van der Waals surface area (Å²) in [5, 5.41) is 0. The predicted molar refractivity (Wildman–Crippen MR) is 180 cm³/mol. The number of benzene rings is 1. The number of Topliss-reactive ketones (excluding diaryl/α,β-unsaturated/α-hetero) is 2. The van der Waals surface area contributed by atoms with Gasteiger partial charge in [0.15, 0.2) is 11.6 Å². The van der Waals surface area contributed by atoms with Crippen LogP contribution >= 0.6 is 67.8 Å². The van der Waals surface area contributed by atoms with E-state index in [4.69, 9.17) is 18.9 Å². The number of ether oxygens (including phenoxy) is 4. The Kier molecular flexibility index (Phi) is 16.9. The van der Waals surface area contributed by atoms with Crippen LogP contribution in [0.3, 0.4) is 0 Å². The van der Waals surface area contributed by atoms with E-state index in [1.54, 1.807) is 0 Å². The number of hydrogen-bond donors (Lipinski definition) is 0. The summed E-state index contributed by atoms with van der Waals surface area (Å²) < 4.78 is 20.9. The summed E-state index contributed by atoms with van der Waals surface area (Å²) in [5.41, 5.74) is 0.152. The maximum Gasteiger partial charge on any atom is 0.303 e. The standard InChI is InChI=1S/C28H32I3NO12/c1-13(33)32(14(2)34)28-26(30)23(21(39)8-7-20(44-18(6)38)12-43-17(5)37)25(29)24(27(28)31)22(40)9-19(10-41-15(3)35)11-42-16(4)36/h19-20H,7-12H2,1-6H3. The van der Waals surface area contributed by atoms with Gasteiger partial charge in [-0.3, -0.25) is 38.4 Å². The Morgan fingerprint density at radius 2 is 1.05 bits per heavy atom. The second-order valence-electron chi connectivity index (χ2n) is 9.51. The van der Waals surface area contributed by atoms with E-state index in [0.29, 0.717) is 0 Å². The summed E-state index contributed by atoms with van der Waals surface area (Å²) >= 11 is 5.52. The first-order chi connectivity index (χ1) is 20.4. The van der Waals surface area contributed by atoms with Gasteiger partial charge in [-0.05, 0) is 74.2 Å². The van der Waals surface area contributed by atoms with Crippen molar-refractivity contribution in [2.24, 2.45) is 5.92 Å². The summed E-state index contributed by atoms with van der Waals surface area (Å²) in [5.74, 6) is -5.47. The highest BCUT2D eigenvalue weighted by Gasteiger charge is 2.33. The number of halogens is 3. The largest absolute Gasteiger partial charge is 0.465 e. The molecule has 0 aliphatic carbocycles. The van der Waals surface area contributed by atoms with Crippen LogP contribution in [0, 0.1) is 16.6 Å². The molecule has 1 unspecified atom stereocenters. The highest BCUT2D eigenvalue weighted by Crippen LogP contribution is 2.39. The van der Waals surface area contributed by atoms with E-state index in [1.807, 2.05) is 67.8 Å². The van der Waals surface area contributed by atoms with Gasteiger partial charge in [-0.1, -0.05) is 0 Å². The van der Waals surface area contributed by atoms with Crippen LogP contribution in [0.25, 0.3) is 0 Å². The lowest BCUT2D eigenvalue weighted by Crippen LogP contribution is -2.36. The van der Waals surface area contributed by atoms with E-state index >= 15 is 0 Å². The van der Waals surface area contributed by atoms with Crippen molar-refractivity contribution in [1.29, 1.82) is 0 Å². The molecule has 2 amide bonds. The number of hydrogen-bond acceptors (Lipinski definition) is 12. The average molecular weight is 955 g/mol. The minimum Gasteiger partial charge on any atom is -0.465 e. The van der Waals surface area contributed by atoms with Gasteiger partial charge in [-0.2, -0.15) is 0 Å². The molecule has 242 valence electrons. The first kappa shape index (κ1) is 39.8. The number of nitrogens with zero attached hydrogens (tertiary/aromatic N) is 1. The SMILES string of the molecule is CC(=O)OCC(COC(C)=O)CC(=O)c1c(I)c(C(=O)CCC(COC(C)=O)OC(C)=O)c(I)c(N(C(C)=O)C(C)=O)c1I. The molecule has 0 fully saturated rings. The van der Waals surface area contributed by atoms with Crippen LogP contribution in [-0.2, 0) is 47.7 Å². The normalized spacial score (nSPS) is 11.3. The van der Waals surface area contributed by atoms with Crippen molar-refractivity contribution in [3.8, 4) is 0 Å². The van der Waals surface area contributed by atoms with Crippen molar-refractivity contribution in [2.45, 2.75) is 66.9 Å². The number of esters is 4. The molecule has 0 saturated heterocycles. The van der Waals surface area contributed by atoms with Gasteiger partial charge >= 0.3 is 23.9 Å². The molecule has 0 N–H and O–H groups in total. The van der Waals surface area contributed by atoms with Crippen molar-refractivity contribution < 1.29 is 57.3 Å². The number of carbonyl (C=O) groups is 8. The molecule has 44 heavy (non-hydrogen) atoms. The van der Waals surface area contributed by atoms with Crippen molar-refractivity contribution in [1.82, 2.24) is 0 Å². The average Bonchev–Trinajstić information content (AvgIpc) is 2.88. The van der Waals surface area contributed by atoms with Crippen LogP contribution in [0.1, 0.15) is 81.5 Å². The molecule has 0 aliphatic rings. The molecule has 0 radical (unpaired) electrons. The Morgan fingerprint density at radius 3 is 1.45 bits per heavy atom. The lowest BCUT2D eigenvalue weighted by Gasteiger charge is -2.25. The summed E-state index contributed by atoms with van der Waals surface area (Å²) in [7, 11) is 0. The number of ketones is 2. The van der Waals surface area contributed by atoms with Crippen molar-refractivity contribution in [3.63, 3.8) is 0 Å². The van der Waals surface area contributed by atoms with Crippen LogP contribution < -0.4 is 4.90 Å². The van der Waals surface area contributed by atoms with Crippen LogP contribution in [0.2, 0.25) is 0 Å². The fraction of sp³-hybridized carbons (Fsp3) is 0.500. The smallest absolute Gasteiger partial charge is 0.303 e. The molecule has 0 aliphatic heterocycles. The third-order valence-corrected chi connectivity index (χ3v) is 8.90. The minimum atomic E-state index is -0.922. The van der Waals surface area contributed by atoms with Gasteiger partial charge < -0.3 is 18.9 Å². The molecule has 0 bridgehead atoms. The monoisotopic (exact) mass is 955 g/mol. The molecule has 1 aromatic rings. The third kappa shape index (κ3) is 12.3. The molecule has 1 rings (SSSR count). The minimum absolute atomic E-state index is 0.0293. The van der Waals surface area contributed by atoms with Gasteiger partial charge in [0, 0.05) is 75.0 Å². The van der Waals surface area contributed by atoms with Gasteiger partial charge in [-0.25, -0.2) is 4.90 Å². The van der Waals surface area contributed by atoms with Crippen LogP contribution in [0.4, 0.5) is 5.69 Å². The Hall–Kier alpha value is -2.23. The second kappa shape index (κ2) is 18.7. The fourth-order valence-corrected chi connectivity index (χ4v) is 8.76. The van der Waals surface area contributed by atoms with Crippen molar-refractivity contribution >= 4 is 121 Å². The Balaban J connectivity index is 3.72. The summed E-state index contributed by atoms with van der Waals surface area (Å²) in [4.78, 5) is 99.3. The number of rotatable bonds is 15. The van der Waals surface area contributed by atoms with Gasteiger partial charge in [-0.15, -0.1) is 0 Å². The third-order valence-electron chi connectivity index (χ3n) is 5.72. The number of amides is 2.